The van der Waals surface area contributed by atoms with E-state index in [2.05, 4.69) is 0 Å². The molecule has 0 bridgehead atoms. The Balaban J connectivity index is 2.19. The first kappa shape index (κ1) is 11.3. The molecule has 2 rings (SSSR count). The fraction of sp³-hybridized carbons (Fsp3) is 0.500. The van der Waals surface area contributed by atoms with Crippen LogP contribution in [0, 0.1) is 0 Å². The van der Waals surface area contributed by atoms with Gasteiger partial charge in [-0.15, -0.1) is 0 Å². The summed E-state index contributed by atoms with van der Waals surface area (Å²) in [5.74, 6) is -0.0399. The lowest BCUT2D eigenvalue weighted by molar-refractivity contribution is -0.139. The summed E-state index contributed by atoms with van der Waals surface area (Å²) < 4.78 is 43.3. The summed E-state index contributed by atoms with van der Waals surface area (Å²) in [6.07, 6.45) is -0.603. The molecule has 1 aromatic carbocycles. The largest absolute Gasteiger partial charge is 0.490 e. The van der Waals surface area contributed by atoms with Crippen LogP contribution in [0.1, 0.15) is 31.2 Å². The quantitative estimate of drug-likeness (QED) is 0.745. The zero-order valence-corrected chi connectivity index (χ0v) is 8.76. The molecule has 1 aromatic rings. The predicted molar refractivity (Wildman–Crippen MR) is 54.3 cm³/mol. The Bertz CT molecular complexity index is 354. The van der Waals surface area contributed by atoms with Crippen molar-refractivity contribution >= 4 is 0 Å². The number of hydrogen-bond acceptors (Lipinski definition) is 1. The Morgan fingerprint density at radius 3 is 2.31 bits per heavy atom. The lowest BCUT2D eigenvalue weighted by Gasteiger charge is -2.17. The summed E-state index contributed by atoms with van der Waals surface area (Å²) in [5, 5.41) is 0. The molecule has 0 amide bonds. The van der Waals surface area contributed by atoms with Gasteiger partial charge in [-0.05, 0) is 37.8 Å². The maximum atomic E-state index is 12.6. The molecule has 1 aliphatic carbocycles. The monoisotopic (exact) mass is 230 g/mol. The number of alkyl halides is 3. The molecule has 1 nitrogen and oxygen atoms in total. The number of ether oxygens (including phenoxy) is 1. The Labute approximate surface area is 92.2 Å². The molecule has 0 atom stereocenters. The van der Waals surface area contributed by atoms with Crippen LogP contribution < -0.4 is 4.74 Å². The van der Waals surface area contributed by atoms with Crippen LogP contribution in [0.5, 0.6) is 5.75 Å². The lowest BCUT2D eigenvalue weighted by Crippen LogP contribution is -2.15. The number of benzene rings is 1. The van der Waals surface area contributed by atoms with Crippen LogP contribution in [0.4, 0.5) is 13.2 Å². The van der Waals surface area contributed by atoms with Crippen molar-refractivity contribution in [3.8, 4) is 5.75 Å². The number of rotatable bonds is 2. The molecule has 0 heterocycles. The van der Waals surface area contributed by atoms with E-state index in [1.807, 2.05) is 0 Å². The number of hydrogen-bond donors (Lipinski definition) is 0. The van der Waals surface area contributed by atoms with Gasteiger partial charge in [-0.1, -0.05) is 12.1 Å². The average molecular weight is 230 g/mol. The second-order valence-electron chi connectivity index (χ2n) is 4.02. The van der Waals surface area contributed by atoms with E-state index >= 15 is 0 Å². The minimum atomic E-state index is -4.34. The first-order chi connectivity index (χ1) is 7.57. The van der Waals surface area contributed by atoms with Crippen molar-refractivity contribution in [2.24, 2.45) is 0 Å². The number of para-hydroxylation sites is 1. The maximum absolute atomic E-state index is 12.6. The zero-order valence-electron chi connectivity index (χ0n) is 8.76. The Hall–Kier alpha value is -1.19. The first-order valence-electron chi connectivity index (χ1n) is 5.40. The van der Waals surface area contributed by atoms with Crippen molar-refractivity contribution in [3.63, 3.8) is 0 Å². The van der Waals surface area contributed by atoms with Crippen LogP contribution in [-0.2, 0) is 6.18 Å². The molecule has 0 spiro atoms. The van der Waals surface area contributed by atoms with E-state index in [1.54, 1.807) is 6.07 Å². The van der Waals surface area contributed by atoms with Gasteiger partial charge in [-0.25, -0.2) is 0 Å². The average Bonchev–Trinajstić information content (AvgIpc) is 2.70. The third kappa shape index (κ3) is 2.49. The molecule has 4 heteroatoms. The minimum absolute atomic E-state index is 0.0399. The summed E-state index contributed by atoms with van der Waals surface area (Å²) in [6.45, 7) is 0. The smallest absolute Gasteiger partial charge is 0.419 e. The third-order valence-electron chi connectivity index (χ3n) is 2.79. The van der Waals surface area contributed by atoms with Crippen LogP contribution in [0.15, 0.2) is 24.3 Å². The standard InChI is InChI=1S/C12H13F3O/c13-12(14,15)10-7-3-4-8-11(10)16-9-5-1-2-6-9/h3-4,7-9H,1-2,5-6H2. The van der Waals surface area contributed by atoms with Gasteiger partial charge in [0.2, 0.25) is 0 Å². The second kappa shape index (κ2) is 4.36. The SMILES string of the molecule is FC(F)(F)c1ccccc1OC1CCCC1. The van der Waals surface area contributed by atoms with Gasteiger partial charge in [0.1, 0.15) is 5.75 Å². The second-order valence-corrected chi connectivity index (χ2v) is 4.02. The summed E-state index contributed by atoms with van der Waals surface area (Å²) in [4.78, 5) is 0. The summed E-state index contributed by atoms with van der Waals surface area (Å²) >= 11 is 0. The highest BCUT2D eigenvalue weighted by atomic mass is 19.4. The maximum Gasteiger partial charge on any atom is 0.419 e. The van der Waals surface area contributed by atoms with Gasteiger partial charge in [-0.2, -0.15) is 13.2 Å². The minimum Gasteiger partial charge on any atom is -0.490 e. The normalized spacial score (nSPS) is 17.7. The summed E-state index contributed by atoms with van der Waals surface area (Å²) in [7, 11) is 0. The molecule has 0 saturated heterocycles. The molecular formula is C12H13F3O. The molecule has 0 unspecified atom stereocenters. The van der Waals surface area contributed by atoms with Crippen LogP contribution >= 0.6 is 0 Å². The van der Waals surface area contributed by atoms with Crippen molar-refractivity contribution in [1.82, 2.24) is 0 Å². The molecule has 88 valence electrons. The number of halogens is 3. The molecule has 0 aliphatic heterocycles. The van der Waals surface area contributed by atoms with E-state index < -0.39 is 11.7 Å². The van der Waals surface area contributed by atoms with Crippen molar-refractivity contribution in [3.05, 3.63) is 29.8 Å². The summed E-state index contributed by atoms with van der Waals surface area (Å²) in [5.41, 5.74) is -0.679. The Morgan fingerprint density at radius 2 is 1.69 bits per heavy atom. The fourth-order valence-corrected chi connectivity index (χ4v) is 1.99. The molecule has 0 aromatic heterocycles. The lowest BCUT2D eigenvalue weighted by atomic mass is 10.2. The Kier molecular flexibility index (Phi) is 3.08. The van der Waals surface area contributed by atoms with Gasteiger partial charge in [0.05, 0.1) is 11.7 Å². The molecule has 16 heavy (non-hydrogen) atoms. The predicted octanol–water partition coefficient (Wildman–Crippen LogP) is 4.03. The molecular weight excluding hydrogens is 217 g/mol. The molecule has 1 saturated carbocycles. The van der Waals surface area contributed by atoms with E-state index in [0.29, 0.717) is 0 Å². The van der Waals surface area contributed by atoms with E-state index in [1.165, 1.54) is 12.1 Å². The van der Waals surface area contributed by atoms with E-state index in [9.17, 15) is 13.2 Å². The van der Waals surface area contributed by atoms with Gasteiger partial charge in [-0.3, -0.25) is 0 Å². The first-order valence-corrected chi connectivity index (χ1v) is 5.40. The van der Waals surface area contributed by atoms with Crippen molar-refractivity contribution in [2.75, 3.05) is 0 Å². The van der Waals surface area contributed by atoms with Crippen LogP contribution in [0.2, 0.25) is 0 Å². The molecule has 1 aliphatic rings. The van der Waals surface area contributed by atoms with E-state index in [-0.39, 0.29) is 11.9 Å². The van der Waals surface area contributed by atoms with Crippen molar-refractivity contribution in [1.29, 1.82) is 0 Å². The highest BCUT2D eigenvalue weighted by molar-refractivity contribution is 5.35. The van der Waals surface area contributed by atoms with Crippen LogP contribution in [-0.4, -0.2) is 6.10 Å². The van der Waals surface area contributed by atoms with Gasteiger partial charge < -0.3 is 4.74 Å². The highest BCUT2D eigenvalue weighted by Gasteiger charge is 2.34. The third-order valence-corrected chi connectivity index (χ3v) is 2.79. The molecule has 0 radical (unpaired) electrons. The fourth-order valence-electron chi connectivity index (χ4n) is 1.99. The van der Waals surface area contributed by atoms with Gasteiger partial charge >= 0.3 is 6.18 Å². The molecule has 1 fully saturated rings. The summed E-state index contributed by atoms with van der Waals surface area (Å²) in [6, 6.07) is 5.40. The van der Waals surface area contributed by atoms with E-state index in [0.717, 1.165) is 31.7 Å². The zero-order chi connectivity index (χ0) is 11.6. The van der Waals surface area contributed by atoms with Crippen molar-refractivity contribution in [2.45, 2.75) is 38.0 Å². The van der Waals surface area contributed by atoms with Crippen LogP contribution in [0.25, 0.3) is 0 Å². The van der Waals surface area contributed by atoms with Gasteiger partial charge in [0.25, 0.3) is 0 Å². The van der Waals surface area contributed by atoms with Crippen molar-refractivity contribution < 1.29 is 17.9 Å². The van der Waals surface area contributed by atoms with Gasteiger partial charge in [0, 0.05) is 0 Å². The van der Waals surface area contributed by atoms with Crippen LogP contribution in [0.3, 0.4) is 0 Å². The highest BCUT2D eigenvalue weighted by Crippen LogP contribution is 2.37. The molecule has 0 N–H and O–H groups in total. The Morgan fingerprint density at radius 1 is 1.06 bits per heavy atom. The van der Waals surface area contributed by atoms with E-state index in [4.69, 9.17) is 4.74 Å². The van der Waals surface area contributed by atoms with Gasteiger partial charge in [0.15, 0.2) is 0 Å². The topological polar surface area (TPSA) is 9.23 Å².